The molecule has 0 atom stereocenters. The molecular weight excluding hydrogens is 398 g/mol. The number of ether oxygens (including phenoxy) is 1. The molecule has 0 unspecified atom stereocenters. The van der Waals surface area contributed by atoms with Gasteiger partial charge >= 0.3 is 0 Å². The lowest BCUT2D eigenvalue weighted by Crippen LogP contribution is -2.37. The Balaban J connectivity index is 1.46. The Morgan fingerprint density at radius 2 is 1.70 bits per heavy atom. The molecule has 30 heavy (non-hydrogen) atoms. The van der Waals surface area contributed by atoms with Gasteiger partial charge in [0.2, 0.25) is 11.9 Å². The van der Waals surface area contributed by atoms with Crippen molar-refractivity contribution < 1.29 is 9.53 Å². The molecule has 0 radical (unpaired) electrons. The van der Waals surface area contributed by atoms with Crippen molar-refractivity contribution in [2.24, 2.45) is 7.05 Å². The number of rotatable bonds is 7. The first-order valence-electron chi connectivity index (χ1n) is 9.96. The Morgan fingerprint density at radius 1 is 1.03 bits per heavy atom. The first kappa shape index (κ1) is 20.4. The Morgan fingerprint density at radius 3 is 2.40 bits per heavy atom. The normalized spacial score (nSPS) is 14.0. The van der Waals surface area contributed by atoms with E-state index in [-0.39, 0.29) is 11.7 Å². The van der Waals surface area contributed by atoms with Crippen LogP contribution in [0.15, 0.2) is 65.8 Å². The molecule has 7 nitrogen and oxygen atoms in total. The van der Waals surface area contributed by atoms with Crippen molar-refractivity contribution in [2.45, 2.75) is 11.7 Å². The lowest BCUT2D eigenvalue weighted by atomic mass is 10.2. The van der Waals surface area contributed by atoms with E-state index in [0.29, 0.717) is 19.8 Å². The Labute approximate surface area is 180 Å². The van der Waals surface area contributed by atoms with Crippen molar-refractivity contribution in [3.05, 3.63) is 66.2 Å². The highest BCUT2D eigenvalue weighted by Gasteiger charge is 2.21. The van der Waals surface area contributed by atoms with E-state index in [1.807, 2.05) is 77.2 Å². The number of para-hydroxylation sites is 1. The highest BCUT2D eigenvalue weighted by molar-refractivity contribution is 7.99. The molecular formula is C22H25N5O2S. The van der Waals surface area contributed by atoms with Gasteiger partial charge in [-0.2, -0.15) is 0 Å². The van der Waals surface area contributed by atoms with Gasteiger partial charge in [-0.05, 0) is 17.7 Å². The van der Waals surface area contributed by atoms with Gasteiger partial charge in [-0.15, -0.1) is 10.2 Å². The second-order valence-electron chi connectivity index (χ2n) is 7.03. The van der Waals surface area contributed by atoms with E-state index < -0.39 is 0 Å². The molecule has 2 heterocycles. The summed E-state index contributed by atoms with van der Waals surface area (Å²) in [7, 11) is 1.94. The number of amides is 1. The SMILES string of the molecule is Cn1c(SCC(=O)N(Cc2ccccc2)c2ccccc2)nnc1N1CCOCC1. The van der Waals surface area contributed by atoms with Crippen LogP contribution in [-0.2, 0) is 23.1 Å². The molecule has 1 aliphatic rings. The minimum Gasteiger partial charge on any atom is -0.378 e. The third-order valence-electron chi connectivity index (χ3n) is 4.98. The Bertz CT molecular complexity index is 958. The predicted molar refractivity (Wildman–Crippen MR) is 119 cm³/mol. The minimum atomic E-state index is 0.0333. The van der Waals surface area contributed by atoms with Crippen molar-refractivity contribution in [3.63, 3.8) is 0 Å². The maximum Gasteiger partial charge on any atom is 0.237 e. The van der Waals surface area contributed by atoms with Crippen molar-refractivity contribution in [1.29, 1.82) is 0 Å². The lowest BCUT2D eigenvalue weighted by molar-refractivity contribution is -0.116. The molecule has 1 aliphatic heterocycles. The summed E-state index contributed by atoms with van der Waals surface area (Å²) in [6.07, 6.45) is 0. The highest BCUT2D eigenvalue weighted by atomic mass is 32.2. The van der Waals surface area contributed by atoms with Gasteiger partial charge in [-0.25, -0.2) is 0 Å². The molecule has 4 rings (SSSR count). The van der Waals surface area contributed by atoms with E-state index in [1.165, 1.54) is 11.8 Å². The zero-order chi connectivity index (χ0) is 20.8. The van der Waals surface area contributed by atoms with Gasteiger partial charge in [0.05, 0.1) is 25.5 Å². The van der Waals surface area contributed by atoms with Crippen LogP contribution in [-0.4, -0.2) is 52.7 Å². The maximum absolute atomic E-state index is 13.2. The number of nitrogens with zero attached hydrogens (tertiary/aromatic N) is 5. The fourth-order valence-corrected chi connectivity index (χ4v) is 4.16. The molecule has 1 saturated heterocycles. The van der Waals surface area contributed by atoms with Crippen LogP contribution in [0.5, 0.6) is 0 Å². The van der Waals surface area contributed by atoms with Gasteiger partial charge in [-0.3, -0.25) is 9.36 Å². The molecule has 1 amide bonds. The molecule has 1 aromatic heterocycles. The average molecular weight is 424 g/mol. The van der Waals surface area contributed by atoms with Crippen LogP contribution in [0, 0.1) is 0 Å². The monoisotopic (exact) mass is 423 g/mol. The summed E-state index contributed by atoms with van der Waals surface area (Å²) in [5.41, 5.74) is 1.98. The number of carbonyl (C=O) groups is 1. The fourth-order valence-electron chi connectivity index (χ4n) is 3.37. The predicted octanol–water partition coefficient (Wildman–Crippen LogP) is 2.98. The molecule has 156 valence electrons. The lowest BCUT2D eigenvalue weighted by Gasteiger charge is -2.27. The van der Waals surface area contributed by atoms with E-state index in [1.54, 1.807) is 0 Å². The van der Waals surface area contributed by atoms with Crippen LogP contribution in [0.1, 0.15) is 5.56 Å². The first-order chi connectivity index (χ1) is 14.7. The second-order valence-corrected chi connectivity index (χ2v) is 7.97. The Hall–Kier alpha value is -2.84. The average Bonchev–Trinajstić information content (AvgIpc) is 3.18. The van der Waals surface area contributed by atoms with Crippen molar-refractivity contribution in [2.75, 3.05) is 41.9 Å². The minimum absolute atomic E-state index is 0.0333. The standard InChI is InChI=1S/C22H25N5O2S/c1-25-21(26-12-14-29-15-13-26)23-24-22(25)30-17-20(28)27(19-10-6-3-7-11-19)16-18-8-4-2-5-9-18/h2-11H,12-17H2,1H3. The van der Waals surface area contributed by atoms with Crippen LogP contribution in [0.3, 0.4) is 0 Å². The Kier molecular flexibility index (Phi) is 6.66. The van der Waals surface area contributed by atoms with Crippen LogP contribution in [0.4, 0.5) is 11.6 Å². The van der Waals surface area contributed by atoms with E-state index in [9.17, 15) is 4.79 Å². The van der Waals surface area contributed by atoms with Gasteiger partial charge in [0, 0.05) is 25.8 Å². The van der Waals surface area contributed by atoms with E-state index in [4.69, 9.17) is 4.74 Å². The number of hydrogen-bond donors (Lipinski definition) is 0. The molecule has 1 fully saturated rings. The summed E-state index contributed by atoms with van der Waals surface area (Å²) in [5, 5.41) is 9.36. The molecule has 0 spiro atoms. The molecule has 0 N–H and O–H groups in total. The van der Waals surface area contributed by atoms with Crippen molar-refractivity contribution in [1.82, 2.24) is 14.8 Å². The summed E-state index contributed by atoms with van der Waals surface area (Å²) >= 11 is 1.41. The smallest absolute Gasteiger partial charge is 0.237 e. The number of aromatic nitrogens is 3. The number of benzene rings is 2. The van der Waals surface area contributed by atoms with Crippen LogP contribution < -0.4 is 9.80 Å². The number of hydrogen-bond acceptors (Lipinski definition) is 6. The zero-order valence-corrected chi connectivity index (χ0v) is 17.8. The summed E-state index contributed by atoms with van der Waals surface area (Å²) in [6, 6.07) is 19.8. The number of anilines is 2. The first-order valence-corrected chi connectivity index (χ1v) is 10.9. The van der Waals surface area contributed by atoms with Crippen LogP contribution in [0.2, 0.25) is 0 Å². The van der Waals surface area contributed by atoms with Gasteiger partial charge in [0.25, 0.3) is 0 Å². The highest BCUT2D eigenvalue weighted by Crippen LogP contribution is 2.23. The fraction of sp³-hybridized carbons (Fsp3) is 0.318. The van der Waals surface area contributed by atoms with Gasteiger partial charge in [0.15, 0.2) is 5.16 Å². The quantitative estimate of drug-likeness (QED) is 0.545. The topological polar surface area (TPSA) is 63.5 Å². The van der Waals surface area contributed by atoms with E-state index in [0.717, 1.165) is 35.4 Å². The molecule has 8 heteroatoms. The van der Waals surface area contributed by atoms with Crippen LogP contribution >= 0.6 is 11.8 Å². The number of morpholine rings is 1. The van der Waals surface area contributed by atoms with E-state index >= 15 is 0 Å². The molecule has 0 saturated carbocycles. The molecule has 0 bridgehead atoms. The zero-order valence-electron chi connectivity index (χ0n) is 17.0. The summed E-state index contributed by atoms with van der Waals surface area (Å²) in [6.45, 7) is 3.52. The summed E-state index contributed by atoms with van der Waals surface area (Å²) in [5.74, 6) is 1.14. The number of carbonyl (C=O) groups excluding carboxylic acids is 1. The van der Waals surface area contributed by atoms with Gasteiger partial charge in [-0.1, -0.05) is 60.3 Å². The number of thioether (sulfide) groups is 1. The third-order valence-corrected chi connectivity index (χ3v) is 5.99. The summed E-state index contributed by atoms with van der Waals surface area (Å²) in [4.78, 5) is 17.1. The van der Waals surface area contributed by atoms with Crippen molar-refractivity contribution >= 4 is 29.3 Å². The van der Waals surface area contributed by atoms with Gasteiger partial charge in [0.1, 0.15) is 0 Å². The molecule has 2 aromatic carbocycles. The maximum atomic E-state index is 13.2. The summed E-state index contributed by atoms with van der Waals surface area (Å²) < 4.78 is 7.36. The largest absolute Gasteiger partial charge is 0.378 e. The van der Waals surface area contributed by atoms with Crippen molar-refractivity contribution in [3.8, 4) is 0 Å². The third kappa shape index (κ3) is 4.83. The molecule has 0 aliphatic carbocycles. The van der Waals surface area contributed by atoms with E-state index in [2.05, 4.69) is 15.1 Å². The van der Waals surface area contributed by atoms with Crippen LogP contribution in [0.25, 0.3) is 0 Å². The molecule has 3 aromatic rings. The van der Waals surface area contributed by atoms with Gasteiger partial charge < -0.3 is 14.5 Å². The second kappa shape index (κ2) is 9.77.